The van der Waals surface area contributed by atoms with Crippen molar-refractivity contribution >= 4 is 23.5 Å². The highest BCUT2D eigenvalue weighted by atomic mass is 19.1. The minimum Gasteiger partial charge on any atom is -0.384 e. The zero-order valence-electron chi connectivity index (χ0n) is 39.9. The van der Waals surface area contributed by atoms with E-state index in [-0.39, 0.29) is 59.7 Å². The maximum Gasteiger partial charge on any atom is 0.254 e. The van der Waals surface area contributed by atoms with E-state index in [1.807, 2.05) is 38.1 Å². The number of nitrogens with two attached hydrogens (primary N) is 2. The van der Waals surface area contributed by atoms with E-state index in [4.69, 9.17) is 31.8 Å². The van der Waals surface area contributed by atoms with Crippen molar-refractivity contribution < 1.29 is 36.6 Å². The quantitative estimate of drug-likeness (QED) is 0.0451. The maximum absolute atomic E-state index is 15.1. The molecule has 4 heterocycles. The summed E-state index contributed by atoms with van der Waals surface area (Å²) in [5, 5.41) is 20.5. The second kappa shape index (κ2) is 18.7. The van der Waals surface area contributed by atoms with E-state index < -0.39 is 35.7 Å². The Morgan fingerprint density at radius 3 is 1.19 bits per heavy atom. The SMILES string of the molecule is Cc1cc(-c2ccc(F)cc2)cc2c1C1OC2c2cc(C(=O)NCc3ccc(C(=N)N)cc3)c(F)cc21.Cc1cc(-c2ccc(F)cc2)cc2c1C1OC2c2cc(F)c(C(=O)NCc3ccc(C(=N)N)cc3)cc21. The van der Waals surface area contributed by atoms with Gasteiger partial charge in [-0.05, 0) is 164 Å². The Morgan fingerprint density at radius 1 is 0.459 bits per heavy atom. The first kappa shape index (κ1) is 47.6. The lowest BCUT2D eigenvalue weighted by Crippen LogP contribution is -2.24. The number of hydrogen-bond donors (Lipinski definition) is 6. The smallest absolute Gasteiger partial charge is 0.254 e. The lowest BCUT2D eigenvalue weighted by molar-refractivity contribution is 0.0853. The lowest BCUT2D eigenvalue weighted by atomic mass is 9.81. The first-order chi connectivity index (χ1) is 35.6. The van der Waals surface area contributed by atoms with E-state index in [2.05, 4.69) is 10.6 Å². The fraction of sp³-hybridized carbons (Fsp3) is 0.133. The van der Waals surface area contributed by atoms with Crippen LogP contribution in [0.3, 0.4) is 0 Å². The van der Waals surface area contributed by atoms with Gasteiger partial charge in [0.05, 0.1) is 11.1 Å². The fourth-order valence-electron chi connectivity index (χ4n) is 10.5. The summed E-state index contributed by atoms with van der Waals surface area (Å²) in [5.41, 5.74) is 26.5. The van der Waals surface area contributed by atoms with Gasteiger partial charge in [0.2, 0.25) is 0 Å². The minimum atomic E-state index is -0.604. The number of halogens is 4. The van der Waals surface area contributed by atoms with E-state index in [0.29, 0.717) is 11.1 Å². The molecule has 2 amide bonds. The zero-order valence-corrected chi connectivity index (χ0v) is 39.9. The number of benzene rings is 8. The number of rotatable bonds is 10. The molecule has 14 heteroatoms. The van der Waals surface area contributed by atoms with Crippen LogP contribution >= 0.6 is 0 Å². The zero-order chi connectivity index (χ0) is 51.7. The van der Waals surface area contributed by atoms with Gasteiger partial charge in [-0.15, -0.1) is 0 Å². The van der Waals surface area contributed by atoms with Crippen molar-refractivity contribution in [2.24, 2.45) is 11.5 Å². The molecule has 0 radical (unpaired) electrons. The van der Waals surface area contributed by atoms with Gasteiger partial charge in [-0.2, -0.15) is 0 Å². The van der Waals surface area contributed by atoms with Crippen LogP contribution in [0, 0.1) is 47.9 Å². The molecule has 0 aliphatic carbocycles. The normalized spacial score (nSPS) is 16.8. The average molecular weight is 991 g/mol. The first-order valence-corrected chi connectivity index (χ1v) is 23.8. The number of amidine groups is 2. The molecule has 4 unspecified atom stereocenters. The van der Waals surface area contributed by atoms with Crippen LogP contribution in [0.25, 0.3) is 22.3 Å². The van der Waals surface area contributed by atoms with E-state index in [1.54, 1.807) is 84.9 Å². The first-order valence-electron chi connectivity index (χ1n) is 23.8. The second-order valence-electron chi connectivity index (χ2n) is 18.9. The van der Waals surface area contributed by atoms with Crippen LogP contribution in [-0.4, -0.2) is 23.5 Å². The highest BCUT2D eigenvalue weighted by Crippen LogP contribution is 2.57. The molecule has 0 fully saturated rings. The molecule has 368 valence electrons. The van der Waals surface area contributed by atoms with E-state index in [9.17, 15) is 18.4 Å². The third-order valence-electron chi connectivity index (χ3n) is 14.2. The molecule has 4 bridgehead atoms. The molecule has 12 rings (SSSR count). The van der Waals surface area contributed by atoms with Crippen molar-refractivity contribution in [2.45, 2.75) is 51.4 Å². The minimum absolute atomic E-state index is 0.0302. The summed E-state index contributed by atoms with van der Waals surface area (Å²) in [6.07, 6.45) is -1.58. The highest BCUT2D eigenvalue weighted by molar-refractivity contribution is 5.97. The van der Waals surface area contributed by atoms with Gasteiger partial charge in [0.25, 0.3) is 11.8 Å². The molecular weight excluding hydrogens is 945 g/mol. The van der Waals surface area contributed by atoms with E-state index in [1.165, 1.54) is 36.4 Å². The Hall–Kier alpha value is -8.72. The average Bonchev–Trinajstić information content (AvgIpc) is 4.17. The monoisotopic (exact) mass is 990 g/mol. The van der Waals surface area contributed by atoms with Gasteiger partial charge in [0, 0.05) is 24.2 Å². The summed E-state index contributed by atoms with van der Waals surface area (Å²) < 4.78 is 69.6. The van der Waals surface area contributed by atoms with Crippen LogP contribution in [0.4, 0.5) is 17.6 Å². The molecule has 4 aliphatic rings. The van der Waals surface area contributed by atoms with E-state index in [0.717, 1.165) is 89.0 Å². The predicted octanol–water partition coefficient (Wildman–Crippen LogP) is 11.4. The standard InChI is InChI=1S/2C30H23F2N3O2/c1-15-10-19(17-6-8-20(31)9-7-17)11-24-26(15)28-21-12-23(25(32)13-22(21)27(24)37-28)30(36)35-14-16-2-4-18(5-3-16)29(33)34;1-15-10-19(17-6-8-20(31)9-7-17)11-24-26(15)28-22-13-25(32)23(12-21(22)27(24)37-28)30(36)35-14-16-2-4-18(5-3-16)29(33)34/h2*2-13,27-28H,14H2,1H3,(H3,33,34)(H,35,36). The third-order valence-corrected chi connectivity index (χ3v) is 14.2. The molecule has 10 nitrogen and oxygen atoms in total. The molecule has 0 saturated carbocycles. The van der Waals surface area contributed by atoms with Crippen LogP contribution in [0.5, 0.6) is 0 Å². The van der Waals surface area contributed by atoms with Gasteiger partial charge >= 0.3 is 0 Å². The number of ether oxygens (including phenoxy) is 2. The summed E-state index contributed by atoms with van der Waals surface area (Å²) in [4.78, 5) is 25.8. The lowest BCUT2D eigenvalue weighted by Gasteiger charge is -2.20. The van der Waals surface area contributed by atoms with Crippen molar-refractivity contribution in [2.75, 3.05) is 0 Å². The Labute approximate surface area is 423 Å². The predicted molar refractivity (Wildman–Crippen MR) is 273 cm³/mol. The molecule has 0 aromatic heterocycles. The number of carbonyl (C=O) groups is 2. The molecule has 0 saturated heterocycles. The topological polar surface area (TPSA) is 176 Å². The van der Waals surface area contributed by atoms with Crippen LogP contribution < -0.4 is 22.1 Å². The highest BCUT2D eigenvalue weighted by Gasteiger charge is 2.46. The molecular formula is C60H46F4N6O4. The number of fused-ring (bicyclic) bond motifs is 16. The number of nitrogen functional groups attached to an aromatic ring is 2. The van der Waals surface area contributed by atoms with Gasteiger partial charge < -0.3 is 31.6 Å². The Bertz CT molecular complexity index is 3640. The molecule has 8 aromatic rings. The number of carbonyl (C=O) groups excluding carboxylic acids is 2. The Balaban J connectivity index is 0.000000159. The molecule has 74 heavy (non-hydrogen) atoms. The number of hydrogen-bond acceptors (Lipinski definition) is 6. The summed E-state index contributed by atoms with van der Waals surface area (Å²) in [7, 11) is 0. The molecule has 4 aliphatic heterocycles. The van der Waals surface area contributed by atoms with Gasteiger partial charge in [-0.1, -0.05) is 84.9 Å². The molecule has 4 atom stereocenters. The van der Waals surface area contributed by atoms with Gasteiger partial charge in [0.1, 0.15) is 59.4 Å². The maximum atomic E-state index is 15.1. The molecule has 8 N–H and O–H groups in total. The number of nitrogens with one attached hydrogen (secondary N) is 4. The molecule has 0 spiro atoms. The van der Waals surface area contributed by atoms with Gasteiger partial charge in [-0.3, -0.25) is 20.4 Å². The summed E-state index contributed by atoms with van der Waals surface area (Å²) in [6.45, 7) is 4.42. The van der Waals surface area contributed by atoms with Crippen LogP contribution in [0.15, 0.2) is 146 Å². The summed E-state index contributed by atoms with van der Waals surface area (Å²) in [5.74, 6) is -2.88. The number of aryl methyl sites for hydroxylation is 2. The van der Waals surface area contributed by atoms with Crippen molar-refractivity contribution in [1.82, 2.24) is 10.6 Å². The van der Waals surface area contributed by atoms with E-state index >= 15 is 8.78 Å². The van der Waals surface area contributed by atoms with Crippen molar-refractivity contribution in [1.29, 1.82) is 10.8 Å². The van der Waals surface area contributed by atoms with Crippen molar-refractivity contribution in [3.8, 4) is 22.3 Å². The van der Waals surface area contributed by atoms with Crippen molar-refractivity contribution in [3.63, 3.8) is 0 Å². The number of amides is 2. The van der Waals surface area contributed by atoms with Crippen LogP contribution in [0.1, 0.15) is 123 Å². The Kier molecular flexibility index (Phi) is 12.0. The third kappa shape index (κ3) is 8.57. The summed E-state index contributed by atoms with van der Waals surface area (Å²) >= 11 is 0. The van der Waals surface area contributed by atoms with Crippen LogP contribution in [-0.2, 0) is 22.6 Å². The van der Waals surface area contributed by atoms with Gasteiger partial charge in [0.15, 0.2) is 0 Å². The molecule has 8 aromatic carbocycles. The largest absolute Gasteiger partial charge is 0.384 e. The van der Waals surface area contributed by atoms with Crippen molar-refractivity contribution in [3.05, 3.63) is 258 Å². The fourth-order valence-corrected chi connectivity index (χ4v) is 10.5. The Morgan fingerprint density at radius 2 is 0.811 bits per heavy atom. The van der Waals surface area contributed by atoms with Gasteiger partial charge in [-0.25, -0.2) is 17.6 Å². The second-order valence-corrected chi connectivity index (χ2v) is 18.9. The summed E-state index contributed by atoms with van der Waals surface area (Å²) in [6, 6.07) is 40.7. The van der Waals surface area contributed by atoms with Crippen LogP contribution in [0.2, 0.25) is 0 Å².